The van der Waals surface area contributed by atoms with Gasteiger partial charge < -0.3 is 20.1 Å². The minimum Gasteiger partial charge on any atom is -0.484 e. The van der Waals surface area contributed by atoms with Gasteiger partial charge in [-0.05, 0) is 66.9 Å². The first-order valence-corrected chi connectivity index (χ1v) is 13.3. The Kier molecular flexibility index (Phi) is 10.3. The molecule has 0 radical (unpaired) electrons. The normalized spacial score (nSPS) is 15.4. The van der Waals surface area contributed by atoms with E-state index in [-0.39, 0.29) is 29.4 Å². The Balaban J connectivity index is 1.41. The standard InChI is InChI=1S/C25H31N5O7S/c1-18(31)28-20-7-11-23(12-8-20)38(34,35)30(2)16-24(32)29-27-14-19-5-9-21(10-6-19)37-17-25(33)26-15-22-4-3-13-36-22/h5-12,14,22H,3-4,13,15-17H2,1-2H3,(H,26,33)(H,28,31)(H,29,32)/b27-14+/t22-/m0/s1. The molecule has 1 atom stereocenters. The lowest BCUT2D eigenvalue weighted by atomic mass is 10.2. The lowest BCUT2D eigenvalue weighted by Crippen LogP contribution is -2.36. The van der Waals surface area contributed by atoms with Crippen molar-refractivity contribution in [2.45, 2.75) is 30.8 Å². The highest BCUT2D eigenvalue weighted by molar-refractivity contribution is 7.89. The zero-order valence-electron chi connectivity index (χ0n) is 21.2. The number of hydrogen-bond donors (Lipinski definition) is 3. The van der Waals surface area contributed by atoms with E-state index in [2.05, 4.69) is 21.2 Å². The van der Waals surface area contributed by atoms with Crippen LogP contribution in [0.3, 0.4) is 0 Å². The van der Waals surface area contributed by atoms with E-state index in [0.29, 0.717) is 23.5 Å². The second-order valence-corrected chi connectivity index (χ2v) is 10.6. The monoisotopic (exact) mass is 545 g/mol. The van der Waals surface area contributed by atoms with Crippen molar-refractivity contribution in [3.8, 4) is 5.75 Å². The van der Waals surface area contributed by atoms with Crippen LogP contribution in [0.15, 0.2) is 58.5 Å². The van der Waals surface area contributed by atoms with Gasteiger partial charge in [-0.15, -0.1) is 0 Å². The second-order valence-electron chi connectivity index (χ2n) is 8.56. The Hall–Kier alpha value is -3.81. The van der Waals surface area contributed by atoms with Crippen LogP contribution in [-0.4, -0.2) is 76.1 Å². The maximum Gasteiger partial charge on any atom is 0.258 e. The molecule has 1 saturated heterocycles. The van der Waals surface area contributed by atoms with Gasteiger partial charge in [0.15, 0.2) is 6.61 Å². The van der Waals surface area contributed by atoms with Gasteiger partial charge in [-0.1, -0.05) is 0 Å². The van der Waals surface area contributed by atoms with E-state index in [0.717, 1.165) is 23.8 Å². The van der Waals surface area contributed by atoms with Crippen molar-refractivity contribution >= 4 is 39.6 Å². The van der Waals surface area contributed by atoms with E-state index in [1.54, 1.807) is 24.3 Å². The highest BCUT2D eigenvalue weighted by Gasteiger charge is 2.23. The minimum absolute atomic E-state index is 0.0203. The van der Waals surface area contributed by atoms with Crippen LogP contribution in [0.25, 0.3) is 0 Å². The third-order valence-electron chi connectivity index (χ3n) is 5.45. The number of anilines is 1. The molecule has 3 amide bonds. The molecule has 1 aliphatic rings. The number of carbonyl (C=O) groups is 3. The van der Waals surface area contributed by atoms with Crippen LogP contribution < -0.4 is 20.8 Å². The number of sulfonamides is 1. The molecule has 3 rings (SSSR count). The first-order chi connectivity index (χ1) is 18.1. The predicted octanol–water partition coefficient (Wildman–Crippen LogP) is 1.09. The van der Waals surface area contributed by atoms with E-state index in [9.17, 15) is 22.8 Å². The van der Waals surface area contributed by atoms with E-state index < -0.39 is 22.5 Å². The number of rotatable bonds is 12. The van der Waals surface area contributed by atoms with Crippen molar-refractivity contribution in [2.75, 3.05) is 38.7 Å². The van der Waals surface area contributed by atoms with Crippen LogP contribution >= 0.6 is 0 Å². The molecule has 12 nitrogen and oxygen atoms in total. The van der Waals surface area contributed by atoms with Gasteiger partial charge in [0, 0.05) is 32.8 Å². The Morgan fingerprint density at radius 3 is 2.45 bits per heavy atom. The van der Waals surface area contributed by atoms with Gasteiger partial charge in [0.2, 0.25) is 15.9 Å². The van der Waals surface area contributed by atoms with Crippen LogP contribution in [0.2, 0.25) is 0 Å². The van der Waals surface area contributed by atoms with Gasteiger partial charge in [0.25, 0.3) is 11.8 Å². The van der Waals surface area contributed by atoms with Gasteiger partial charge in [-0.2, -0.15) is 9.41 Å². The Labute approximate surface area is 221 Å². The van der Waals surface area contributed by atoms with Crippen LogP contribution in [-0.2, 0) is 29.1 Å². The molecule has 1 aliphatic heterocycles. The lowest BCUT2D eigenvalue weighted by Gasteiger charge is -2.16. The molecule has 204 valence electrons. The second kappa shape index (κ2) is 13.7. The summed E-state index contributed by atoms with van der Waals surface area (Å²) in [6.45, 7) is 1.98. The van der Waals surface area contributed by atoms with Crippen molar-refractivity contribution < 1.29 is 32.3 Å². The molecule has 1 heterocycles. The molecule has 0 spiro atoms. The highest BCUT2D eigenvalue weighted by atomic mass is 32.2. The number of nitrogens with zero attached hydrogens (tertiary/aromatic N) is 2. The van der Waals surface area contributed by atoms with Crippen LogP contribution in [0.4, 0.5) is 5.69 Å². The summed E-state index contributed by atoms with van der Waals surface area (Å²) < 4.78 is 37.2. The van der Waals surface area contributed by atoms with Crippen molar-refractivity contribution in [1.82, 2.24) is 15.0 Å². The summed E-state index contributed by atoms with van der Waals surface area (Å²) in [5, 5.41) is 9.19. The number of carbonyl (C=O) groups excluding carboxylic acids is 3. The van der Waals surface area contributed by atoms with E-state index in [4.69, 9.17) is 9.47 Å². The largest absolute Gasteiger partial charge is 0.484 e. The molecule has 0 bridgehead atoms. The number of hydrazone groups is 1. The van der Waals surface area contributed by atoms with E-state index >= 15 is 0 Å². The van der Waals surface area contributed by atoms with Gasteiger partial charge in [0.05, 0.1) is 23.8 Å². The molecule has 1 fully saturated rings. The van der Waals surface area contributed by atoms with E-state index in [1.165, 1.54) is 44.5 Å². The summed E-state index contributed by atoms with van der Waals surface area (Å²) in [5.41, 5.74) is 3.40. The summed E-state index contributed by atoms with van der Waals surface area (Å²) in [6.07, 6.45) is 3.41. The quantitative estimate of drug-likeness (QED) is 0.266. The van der Waals surface area contributed by atoms with Crippen LogP contribution in [0.1, 0.15) is 25.3 Å². The fraction of sp³-hybridized carbons (Fsp3) is 0.360. The summed E-state index contributed by atoms with van der Waals surface area (Å²) in [6, 6.07) is 12.3. The van der Waals surface area contributed by atoms with Gasteiger partial charge in [-0.3, -0.25) is 14.4 Å². The van der Waals surface area contributed by atoms with Gasteiger partial charge in [0.1, 0.15) is 5.75 Å². The third-order valence-corrected chi connectivity index (χ3v) is 7.27. The van der Waals surface area contributed by atoms with Crippen molar-refractivity contribution in [1.29, 1.82) is 0 Å². The maximum atomic E-state index is 12.7. The fourth-order valence-corrected chi connectivity index (χ4v) is 4.60. The average molecular weight is 546 g/mol. The minimum atomic E-state index is -3.92. The first kappa shape index (κ1) is 28.8. The summed E-state index contributed by atoms with van der Waals surface area (Å²) in [4.78, 5) is 35.2. The maximum absolute atomic E-state index is 12.7. The molecule has 0 aliphatic carbocycles. The summed E-state index contributed by atoms with van der Waals surface area (Å²) in [5.74, 6) is -0.640. The van der Waals surface area contributed by atoms with Crippen LogP contribution in [0, 0.1) is 0 Å². The molecule has 3 N–H and O–H groups in total. The van der Waals surface area contributed by atoms with Gasteiger partial charge >= 0.3 is 0 Å². The smallest absolute Gasteiger partial charge is 0.258 e. The zero-order valence-corrected chi connectivity index (χ0v) is 22.0. The zero-order chi connectivity index (χ0) is 27.5. The van der Waals surface area contributed by atoms with Gasteiger partial charge in [-0.25, -0.2) is 13.8 Å². The fourth-order valence-electron chi connectivity index (χ4n) is 3.48. The Bertz CT molecular complexity index is 1240. The molecular formula is C25H31N5O7S. The number of nitrogens with one attached hydrogen (secondary N) is 3. The van der Waals surface area contributed by atoms with E-state index in [1.807, 2.05) is 0 Å². The van der Waals surface area contributed by atoms with Crippen molar-refractivity contribution in [2.24, 2.45) is 5.10 Å². The van der Waals surface area contributed by atoms with Crippen LogP contribution in [0.5, 0.6) is 5.75 Å². The molecule has 0 aromatic heterocycles. The summed E-state index contributed by atoms with van der Waals surface area (Å²) >= 11 is 0. The molecule has 0 saturated carbocycles. The molecule has 2 aromatic carbocycles. The lowest BCUT2D eigenvalue weighted by molar-refractivity contribution is -0.123. The van der Waals surface area contributed by atoms with Crippen molar-refractivity contribution in [3.63, 3.8) is 0 Å². The first-order valence-electron chi connectivity index (χ1n) is 11.9. The van der Waals surface area contributed by atoms with Crippen molar-refractivity contribution in [3.05, 3.63) is 54.1 Å². The number of likely N-dealkylation sites (N-methyl/N-ethyl adjacent to an activating group) is 1. The number of hydrogen-bond acceptors (Lipinski definition) is 8. The highest BCUT2D eigenvalue weighted by Crippen LogP contribution is 2.17. The molecule has 13 heteroatoms. The topological polar surface area (TPSA) is 156 Å². The third kappa shape index (κ3) is 8.94. The molecular weight excluding hydrogens is 514 g/mol. The Morgan fingerprint density at radius 2 is 1.82 bits per heavy atom. The number of benzene rings is 2. The Morgan fingerprint density at radius 1 is 1.11 bits per heavy atom. The molecule has 38 heavy (non-hydrogen) atoms. The number of amides is 3. The molecule has 2 aromatic rings. The molecule has 0 unspecified atom stereocenters. The number of ether oxygens (including phenoxy) is 2. The predicted molar refractivity (Wildman–Crippen MR) is 140 cm³/mol. The average Bonchev–Trinajstić information content (AvgIpc) is 3.41. The summed E-state index contributed by atoms with van der Waals surface area (Å²) in [7, 11) is -2.64. The SMILES string of the molecule is CC(=O)Nc1ccc(S(=O)(=O)N(C)CC(=O)N/N=C/c2ccc(OCC(=O)NC[C@@H]3CCCO3)cc2)cc1.